The third-order valence-electron chi connectivity index (χ3n) is 4.87. The van der Waals surface area contributed by atoms with Gasteiger partial charge in [-0.3, -0.25) is 0 Å². The molecule has 0 radical (unpaired) electrons. The van der Waals surface area contributed by atoms with Gasteiger partial charge in [0.1, 0.15) is 5.75 Å². The lowest BCUT2D eigenvalue weighted by Crippen LogP contribution is -2.38. The Hall–Kier alpha value is -0.540. The Morgan fingerprint density at radius 1 is 1.20 bits per heavy atom. The fourth-order valence-corrected chi connectivity index (χ4v) is 3.94. The largest absolute Gasteiger partial charge is 0.493 e. The number of fused-ring (bicyclic) bond motifs is 1. The van der Waals surface area contributed by atoms with Gasteiger partial charge in [0, 0.05) is 28.5 Å². The summed E-state index contributed by atoms with van der Waals surface area (Å²) in [5, 5.41) is 3.89. The molecule has 0 saturated heterocycles. The third kappa shape index (κ3) is 3.20. The van der Waals surface area contributed by atoms with E-state index in [1.54, 1.807) is 0 Å². The number of hydrogen-bond donors (Lipinski definition) is 1. The summed E-state index contributed by atoms with van der Waals surface area (Å²) < 4.78 is 6.91. The molecule has 1 saturated carbocycles. The number of ether oxygens (including phenoxy) is 1. The van der Waals surface area contributed by atoms with Gasteiger partial charge in [0.05, 0.1) is 6.61 Å². The second-order valence-electron chi connectivity index (χ2n) is 6.16. The first-order chi connectivity index (χ1) is 9.76. The average molecular weight is 338 g/mol. The fourth-order valence-electron chi connectivity index (χ4n) is 3.56. The molecule has 3 rings (SSSR count). The van der Waals surface area contributed by atoms with Crippen LogP contribution in [0, 0.1) is 5.92 Å². The zero-order chi connectivity index (χ0) is 13.9. The molecule has 1 aliphatic carbocycles. The molecule has 1 aromatic rings. The van der Waals surface area contributed by atoms with Crippen molar-refractivity contribution in [2.24, 2.45) is 5.92 Å². The van der Waals surface area contributed by atoms with Crippen LogP contribution < -0.4 is 10.1 Å². The second-order valence-corrected chi connectivity index (χ2v) is 7.08. The maximum atomic E-state index is 5.77. The van der Waals surface area contributed by atoms with Crippen molar-refractivity contribution in [3.05, 3.63) is 28.2 Å². The highest BCUT2D eigenvalue weighted by Gasteiger charge is 2.26. The number of benzene rings is 1. The van der Waals surface area contributed by atoms with Gasteiger partial charge in [-0.25, -0.2) is 0 Å². The Labute approximate surface area is 130 Å². The minimum absolute atomic E-state index is 0.458. The molecule has 2 aliphatic rings. The van der Waals surface area contributed by atoms with Crippen LogP contribution in [-0.4, -0.2) is 12.6 Å². The number of nitrogens with one attached hydrogen (secondary N) is 1. The normalized spacial score (nSPS) is 29.6. The van der Waals surface area contributed by atoms with Crippen LogP contribution in [0.4, 0.5) is 0 Å². The van der Waals surface area contributed by atoms with E-state index < -0.39 is 0 Å². The van der Waals surface area contributed by atoms with E-state index in [4.69, 9.17) is 4.74 Å². The lowest BCUT2D eigenvalue weighted by molar-refractivity contribution is 0.219. The fraction of sp³-hybridized carbons (Fsp3) is 0.647. The van der Waals surface area contributed by atoms with E-state index in [9.17, 15) is 0 Å². The van der Waals surface area contributed by atoms with Crippen molar-refractivity contribution in [1.82, 2.24) is 5.32 Å². The molecule has 1 atom stereocenters. The Kier molecular flexibility index (Phi) is 4.67. The molecule has 1 aliphatic heterocycles. The zero-order valence-corrected chi connectivity index (χ0v) is 13.8. The van der Waals surface area contributed by atoms with Gasteiger partial charge in [-0.1, -0.05) is 29.3 Å². The number of hydrogen-bond acceptors (Lipinski definition) is 2. The van der Waals surface area contributed by atoms with Crippen LogP contribution >= 0.6 is 15.9 Å². The van der Waals surface area contributed by atoms with Gasteiger partial charge in [0.2, 0.25) is 0 Å². The summed E-state index contributed by atoms with van der Waals surface area (Å²) in [5.41, 5.74) is 1.32. The van der Waals surface area contributed by atoms with Gasteiger partial charge < -0.3 is 10.1 Å². The van der Waals surface area contributed by atoms with E-state index in [0.717, 1.165) is 29.2 Å². The first kappa shape index (κ1) is 14.4. The van der Waals surface area contributed by atoms with Crippen molar-refractivity contribution in [2.45, 2.75) is 57.5 Å². The van der Waals surface area contributed by atoms with Crippen molar-refractivity contribution in [3.8, 4) is 5.75 Å². The van der Waals surface area contributed by atoms with Gasteiger partial charge >= 0.3 is 0 Å². The van der Waals surface area contributed by atoms with Gasteiger partial charge in [-0.2, -0.15) is 0 Å². The molecule has 1 aromatic carbocycles. The molecular weight excluding hydrogens is 314 g/mol. The quantitative estimate of drug-likeness (QED) is 0.852. The second kappa shape index (κ2) is 6.48. The van der Waals surface area contributed by atoms with Gasteiger partial charge in [0.15, 0.2) is 0 Å². The molecule has 0 spiro atoms. The molecule has 20 heavy (non-hydrogen) atoms. The SMILES string of the molecule is CCC1CCC(NC2CCOc3ccc(Br)cc32)CC1. The molecule has 2 nitrogen and oxygen atoms in total. The van der Waals surface area contributed by atoms with Gasteiger partial charge in [0.25, 0.3) is 0 Å². The van der Waals surface area contributed by atoms with E-state index in [2.05, 4.69) is 46.4 Å². The van der Waals surface area contributed by atoms with Crippen LogP contribution in [-0.2, 0) is 0 Å². The standard InChI is InChI=1S/C17H24BrNO/c1-2-12-3-6-14(7-4-12)19-16-9-10-20-17-8-5-13(18)11-15(16)17/h5,8,11-12,14,16,19H,2-4,6-7,9-10H2,1H3. The summed E-state index contributed by atoms with van der Waals surface area (Å²) in [5.74, 6) is 2.02. The smallest absolute Gasteiger partial charge is 0.124 e. The monoisotopic (exact) mass is 337 g/mol. The summed E-state index contributed by atoms with van der Waals surface area (Å²) >= 11 is 3.58. The highest BCUT2D eigenvalue weighted by molar-refractivity contribution is 9.10. The van der Waals surface area contributed by atoms with E-state index >= 15 is 0 Å². The molecule has 3 heteroatoms. The lowest BCUT2D eigenvalue weighted by atomic mass is 9.84. The summed E-state index contributed by atoms with van der Waals surface area (Å²) in [4.78, 5) is 0. The molecule has 1 unspecified atom stereocenters. The molecular formula is C17H24BrNO. The summed E-state index contributed by atoms with van der Waals surface area (Å²) in [6, 6.07) is 7.51. The van der Waals surface area contributed by atoms with Crippen molar-refractivity contribution in [3.63, 3.8) is 0 Å². The van der Waals surface area contributed by atoms with Crippen LogP contribution in [0.1, 0.15) is 57.1 Å². The van der Waals surface area contributed by atoms with Crippen LogP contribution in [0.25, 0.3) is 0 Å². The molecule has 110 valence electrons. The van der Waals surface area contributed by atoms with Crippen LogP contribution in [0.5, 0.6) is 5.75 Å². The minimum atomic E-state index is 0.458. The van der Waals surface area contributed by atoms with Crippen molar-refractivity contribution < 1.29 is 4.74 Å². The third-order valence-corrected chi connectivity index (χ3v) is 5.37. The minimum Gasteiger partial charge on any atom is -0.493 e. The zero-order valence-electron chi connectivity index (χ0n) is 12.2. The van der Waals surface area contributed by atoms with Crippen LogP contribution in [0.15, 0.2) is 22.7 Å². The molecule has 1 heterocycles. The maximum Gasteiger partial charge on any atom is 0.124 e. The molecule has 0 amide bonds. The van der Waals surface area contributed by atoms with Crippen LogP contribution in [0.3, 0.4) is 0 Å². The van der Waals surface area contributed by atoms with Crippen molar-refractivity contribution in [1.29, 1.82) is 0 Å². The molecule has 0 aromatic heterocycles. The Morgan fingerprint density at radius 3 is 2.75 bits per heavy atom. The van der Waals surface area contributed by atoms with Gasteiger partial charge in [-0.05, 0) is 49.8 Å². The lowest BCUT2D eigenvalue weighted by Gasteiger charge is -2.34. The number of rotatable bonds is 3. The predicted octanol–water partition coefficient (Wildman–Crippen LogP) is 4.83. The maximum absolute atomic E-state index is 5.77. The summed E-state index contributed by atoms with van der Waals surface area (Å²) in [6.45, 7) is 3.15. The van der Waals surface area contributed by atoms with Crippen molar-refractivity contribution in [2.75, 3.05) is 6.61 Å². The predicted molar refractivity (Wildman–Crippen MR) is 86.2 cm³/mol. The topological polar surface area (TPSA) is 21.3 Å². The Bertz CT molecular complexity index is 454. The Morgan fingerprint density at radius 2 is 2.00 bits per heavy atom. The van der Waals surface area contributed by atoms with E-state index in [0.29, 0.717) is 12.1 Å². The van der Waals surface area contributed by atoms with Gasteiger partial charge in [-0.15, -0.1) is 0 Å². The first-order valence-electron chi connectivity index (χ1n) is 7.94. The van der Waals surface area contributed by atoms with Crippen molar-refractivity contribution >= 4 is 15.9 Å². The summed E-state index contributed by atoms with van der Waals surface area (Å²) in [7, 11) is 0. The average Bonchev–Trinajstić information content (AvgIpc) is 2.49. The van der Waals surface area contributed by atoms with Crippen LogP contribution in [0.2, 0.25) is 0 Å². The van der Waals surface area contributed by atoms with E-state index in [1.165, 1.54) is 37.7 Å². The Balaban J connectivity index is 1.66. The highest BCUT2D eigenvalue weighted by atomic mass is 79.9. The van der Waals surface area contributed by atoms with E-state index in [1.807, 2.05) is 0 Å². The molecule has 1 fully saturated rings. The first-order valence-corrected chi connectivity index (χ1v) is 8.74. The van der Waals surface area contributed by atoms with E-state index in [-0.39, 0.29) is 0 Å². The molecule has 0 bridgehead atoms. The summed E-state index contributed by atoms with van der Waals surface area (Å²) in [6.07, 6.45) is 7.88. The number of halogens is 1. The highest BCUT2D eigenvalue weighted by Crippen LogP contribution is 2.36. The molecule has 1 N–H and O–H groups in total.